The fourth-order valence-electron chi connectivity index (χ4n) is 3.80. The molecule has 0 radical (unpaired) electrons. The summed E-state index contributed by atoms with van der Waals surface area (Å²) in [4.78, 5) is 29.2. The molecule has 0 amide bonds. The number of ether oxygens (including phenoxy) is 2. The quantitative estimate of drug-likeness (QED) is 0.543. The highest BCUT2D eigenvalue weighted by Gasteiger charge is 2.39. The Balaban J connectivity index is 0.000000301. The zero-order valence-electron chi connectivity index (χ0n) is 20.1. The average Bonchev–Trinajstić information content (AvgIpc) is 3.28. The smallest absolute Gasteiger partial charge is 0.486 e. The van der Waals surface area contributed by atoms with Gasteiger partial charge in [-0.1, -0.05) is 0 Å². The van der Waals surface area contributed by atoms with Crippen LogP contribution in [-0.4, -0.2) is 79.7 Å². The Hall–Kier alpha value is -3.40. The van der Waals surface area contributed by atoms with Crippen LogP contribution in [0.3, 0.4) is 0 Å². The maximum absolute atomic E-state index is 10.6. The van der Waals surface area contributed by atoms with Crippen molar-refractivity contribution in [2.24, 2.45) is 0 Å². The lowest BCUT2D eigenvalue weighted by Crippen LogP contribution is -2.46. The van der Waals surface area contributed by atoms with Crippen LogP contribution < -0.4 is 4.74 Å². The van der Waals surface area contributed by atoms with Crippen molar-refractivity contribution >= 4 is 11.9 Å². The lowest BCUT2D eigenvalue weighted by atomic mass is 10.0. The van der Waals surface area contributed by atoms with Gasteiger partial charge in [-0.3, -0.25) is 9.88 Å². The van der Waals surface area contributed by atoms with E-state index in [9.17, 15) is 26.3 Å². The number of nitrogens with zero attached hydrogens (tertiary/aromatic N) is 4. The van der Waals surface area contributed by atoms with E-state index in [-0.39, 0.29) is 0 Å². The van der Waals surface area contributed by atoms with E-state index in [1.165, 1.54) is 0 Å². The molecule has 2 aromatic rings. The third-order valence-corrected chi connectivity index (χ3v) is 5.59. The summed E-state index contributed by atoms with van der Waals surface area (Å²) in [7, 11) is 0. The SMILES string of the molecule is CC1c2ncc(COc3cccnc3)n2CCN1C1CCOCC1.O=C(O)C(F)(F)F.O=C(O)C(F)(F)F. The molecular formula is C22H26F6N4O6. The van der Waals surface area contributed by atoms with E-state index >= 15 is 0 Å². The highest BCUT2D eigenvalue weighted by Crippen LogP contribution is 2.30. The number of hydrogen-bond donors (Lipinski definition) is 2. The molecule has 1 unspecified atom stereocenters. The molecular weight excluding hydrogens is 530 g/mol. The summed E-state index contributed by atoms with van der Waals surface area (Å²) >= 11 is 0. The Morgan fingerprint density at radius 3 is 2.13 bits per heavy atom. The number of imidazole rings is 1. The van der Waals surface area contributed by atoms with Crippen LogP contribution in [0.1, 0.15) is 37.3 Å². The maximum atomic E-state index is 10.6. The summed E-state index contributed by atoms with van der Waals surface area (Å²) in [6, 6.07) is 4.77. The Labute approximate surface area is 212 Å². The average molecular weight is 556 g/mol. The van der Waals surface area contributed by atoms with Crippen molar-refractivity contribution in [3.63, 3.8) is 0 Å². The topological polar surface area (TPSA) is 127 Å². The van der Waals surface area contributed by atoms with Crippen LogP contribution in [-0.2, 0) is 27.5 Å². The number of carbonyl (C=O) groups is 2. The highest BCUT2D eigenvalue weighted by molar-refractivity contribution is 5.73. The lowest BCUT2D eigenvalue weighted by Gasteiger charge is -2.41. The number of aliphatic carboxylic acids is 2. The molecule has 1 atom stereocenters. The fourth-order valence-corrected chi connectivity index (χ4v) is 3.80. The van der Waals surface area contributed by atoms with Crippen molar-refractivity contribution in [2.75, 3.05) is 19.8 Å². The number of pyridine rings is 1. The second kappa shape index (κ2) is 13.4. The molecule has 0 aromatic carbocycles. The summed E-state index contributed by atoms with van der Waals surface area (Å²) in [5.74, 6) is -3.57. The Morgan fingerprint density at radius 1 is 1.05 bits per heavy atom. The molecule has 212 valence electrons. The minimum Gasteiger partial charge on any atom is -0.486 e. The number of aromatic nitrogens is 3. The third-order valence-electron chi connectivity index (χ3n) is 5.59. The first kappa shape index (κ1) is 30.8. The van der Waals surface area contributed by atoms with E-state index < -0.39 is 24.3 Å². The molecule has 1 saturated heterocycles. The molecule has 10 nitrogen and oxygen atoms in total. The second-order valence-corrected chi connectivity index (χ2v) is 8.10. The summed E-state index contributed by atoms with van der Waals surface area (Å²) in [5.41, 5.74) is 1.13. The van der Waals surface area contributed by atoms with Crippen LogP contribution in [0.4, 0.5) is 26.3 Å². The zero-order chi connectivity index (χ0) is 28.5. The molecule has 2 aliphatic rings. The molecule has 0 saturated carbocycles. The standard InChI is InChI=1S/C18H24N4O2.2C2HF3O2/c1-14-18-20-11-16(13-24-17-3-2-6-19-12-17)22(18)8-7-21(14)15-4-9-23-10-5-15;2*3-2(4,5)1(6)7/h2-3,6,11-12,14-15H,4-5,7-10,13H2,1H3;2*(H,6,7). The normalized spacial score (nSPS) is 18.2. The molecule has 1 fully saturated rings. The predicted octanol–water partition coefficient (Wildman–Crippen LogP) is 3.68. The molecule has 0 aliphatic carbocycles. The van der Waals surface area contributed by atoms with E-state index in [1.54, 1.807) is 12.4 Å². The Morgan fingerprint density at radius 2 is 1.63 bits per heavy atom. The van der Waals surface area contributed by atoms with Crippen LogP contribution in [0.25, 0.3) is 0 Å². The highest BCUT2D eigenvalue weighted by atomic mass is 19.4. The van der Waals surface area contributed by atoms with Gasteiger partial charge in [0.05, 0.1) is 24.1 Å². The van der Waals surface area contributed by atoms with Gasteiger partial charge in [0.25, 0.3) is 0 Å². The number of alkyl halides is 6. The molecule has 0 spiro atoms. The van der Waals surface area contributed by atoms with Gasteiger partial charge in [-0.15, -0.1) is 0 Å². The molecule has 2 N–H and O–H groups in total. The minimum atomic E-state index is -5.08. The van der Waals surface area contributed by atoms with E-state index in [4.69, 9.17) is 29.3 Å². The number of rotatable bonds is 4. The molecule has 38 heavy (non-hydrogen) atoms. The molecule has 4 heterocycles. The van der Waals surface area contributed by atoms with Gasteiger partial charge in [0.2, 0.25) is 0 Å². The molecule has 16 heteroatoms. The van der Waals surface area contributed by atoms with Gasteiger partial charge < -0.3 is 24.3 Å². The summed E-state index contributed by atoms with van der Waals surface area (Å²) in [6.45, 7) is 6.60. The monoisotopic (exact) mass is 556 g/mol. The largest absolute Gasteiger partial charge is 0.490 e. The van der Waals surface area contributed by atoms with Crippen molar-refractivity contribution < 1.29 is 55.6 Å². The van der Waals surface area contributed by atoms with E-state index in [1.807, 2.05) is 18.3 Å². The number of hydrogen-bond acceptors (Lipinski definition) is 7. The number of fused-ring (bicyclic) bond motifs is 1. The van der Waals surface area contributed by atoms with Gasteiger partial charge in [-0.2, -0.15) is 26.3 Å². The van der Waals surface area contributed by atoms with Gasteiger partial charge in [0, 0.05) is 38.5 Å². The molecule has 2 aromatic heterocycles. The van der Waals surface area contributed by atoms with Gasteiger partial charge in [0.1, 0.15) is 18.2 Å². The minimum absolute atomic E-state index is 0.342. The van der Waals surface area contributed by atoms with Crippen molar-refractivity contribution in [1.82, 2.24) is 19.4 Å². The van der Waals surface area contributed by atoms with Gasteiger partial charge >= 0.3 is 24.3 Å². The van der Waals surface area contributed by atoms with Gasteiger partial charge in [0.15, 0.2) is 0 Å². The maximum Gasteiger partial charge on any atom is 0.490 e. The van der Waals surface area contributed by atoms with Crippen LogP contribution in [0.15, 0.2) is 30.7 Å². The van der Waals surface area contributed by atoms with E-state index in [2.05, 4.69) is 26.4 Å². The molecule has 4 rings (SSSR count). The number of halogens is 6. The summed E-state index contributed by atoms with van der Waals surface area (Å²) in [6.07, 6.45) is -2.47. The van der Waals surface area contributed by atoms with Gasteiger partial charge in [-0.25, -0.2) is 14.6 Å². The Kier molecular flexibility index (Phi) is 10.9. The van der Waals surface area contributed by atoms with Gasteiger partial charge in [-0.05, 0) is 31.9 Å². The first-order chi connectivity index (χ1) is 17.7. The van der Waals surface area contributed by atoms with Crippen molar-refractivity contribution in [3.8, 4) is 5.75 Å². The molecule has 2 aliphatic heterocycles. The predicted molar refractivity (Wildman–Crippen MR) is 117 cm³/mol. The van der Waals surface area contributed by atoms with Crippen molar-refractivity contribution in [3.05, 3.63) is 42.2 Å². The first-order valence-electron chi connectivity index (χ1n) is 11.2. The Bertz CT molecular complexity index is 1020. The third kappa shape index (κ3) is 9.16. The van der Waals surface area contributed by atoms with Crippen LogP contribution >= 0.6 is 0 Å². The fraction of sp³-hybridized carbons (Fsp3) is 0.545. The molecule has 0 bridgehead atoms. The number of carboxylic acid groups (broad SMARTS) is 2. The lowest BCUT2D eigenvalue weighted by molar-refractivity contribution is -0.193. The summed E-state index contributed by atoms with van der Waals surface area (Å²) in [5, 5.41) is 14.2. The van der Waals surface area contributed by atoms with Crippen molar-refractivity contribution in [1.29, 1.82) is 0 Å². The van der Waals surface area contributed by atoms with Crippen molar-refractivity contribution in [2.45, 2.75) is 57.4 Å². The van der Waals surface area contributed by atoms with Crippen LogP contribution in [0.5, 0.6) is 5.75 Å². The number of carboxylic acids is 2. The van der Waals surface area contributed by atoms with E-state index in [0.717, 1.165) is 56.4 Å². The first-order valence-corrected chi connectivity index (χ1v) is 11.2. The summed E-state index contributed by atoms with van der Waals surface area (Å²) < 4.78 is 77.1. The zero-order valence-corrected chi connectivity index (χ0v) is 20.1. The van der Waals surface area contributed by atoms with Crippen LogP contribution in [0.2, 0.25) is 0 Å². The second-order valence-electron chi connectivity index (χ2n) is 8.10. The van der Waals surface area contributed by atoms with Crippen LogP contribution in [0, 0.1) is 0 Å². The van der Waals surface area contributed by atoms with E-state index in [0.29, 0.717) is 18.7 Å².